The topological polar surface area (TPSA) is 96.3 Å². The van der Waals surface area contributed by atoms with Crippen molar-refractivity contribution in [2.24, 2.45) is 4.99 Å². The van der Waals surface area contributed by atoms with Crippen LogP contribution in [0.5, 0.6) is 0 Å². The zero-order valence-corrected chi connectivity index (χ0v) is 19.5. The number of hydrogen-bond donors (Lipinski definition) is 2. The van der Waals surface area contributed by atoms with Crippen LogP contribution >= 0.6 is 11.6 Å². The zero-order chi connectivity index (χ0) is 23.6. The highest BCUT2D eigenvalue weighted by Crippen LogP contribution is 2.21. The first-order valence-corrected chi connectivity index (χ1v) is 11.9. The molecule has 1 aromatic heterocycles. The standard InChI is InChI=1S/C24H21ClN4O3S/c1-16-5-3-4-6-23(16)28-33(31,32)21-13-9-19(10-14-21)26-15-22-17(2)27-29(24(22)30)20-11-7-18(25)8-12-20/h3-15,27-28H,1-2H3. The lowest BCUT2D eigenvalue weighted by molar-refractivity contribution is 0.601. The fraction of sp³-hybridized carbons (Fsp3) is 0.0833. The molecule has 0 radical (unpaired) electrons. The van der Waals surface area contributed by atoms with Crippen molar-refractivity contribution in [2.45, 2.75) is 18.7 Å². The molecular formula is C24H21ClN4O3S. The van der Waals surface area contributed by atoms with Gasteiger partial charge in [-0.2, -0.15) is 0 Å². The summed E-state index contributed by atoms with van der Waals surface area (Å²) < 4.78 is 29.4. The first-order valence-electron chi connectivity index (χ1n) is 10.0. The largest absolute Gasteiger partial charge is 0.295 e. The van der Waals surface area contributed by atoms with E-state index in [9.17, 15) is 13.2 Å². The average Bonchev–Trinajstić information content (AvgIpc) is 3.08. The second-order valence-corrected chi connectivity index (χ2v) is 9.56. The second kappa shape index (κ2) is 9.09. The molecule has 0 unspecified atom stereocenters. The minimum atomic E-state index is -3.73. The molecule has 1 heterocycles. The number of aromatic amines is 1. The van der Waals surface area contributed by atoms with E-state index in [0.717, 1.165) is 5.56 Å². The van der Waals surface area contributed by atoms with Gasteiger partial charge in [-0.05, 0) is 74.0 Å². The number of sulfonamides is 1. The summed E-state index contributed by atoms with van der Waals surface area (Å²) in [5, 5.41) is 3.60. The molecule has 2 N–H and O–H groups in total. The molecule has 9 heteroatoms. The summed E-state index contributed by atoms with van der Waals surface area (Å²) in [4.78, 5) is 17.3. The van der Waals surface area contributed by atoms with Gasteiger partial charge >= 0.3 is 0 Å². The number of nitrogens with one attached hydrogen (secondary N) is 2. The zero-order valence-electron chi connectivity index (χ0n) is 17.9. The van der Waals surface area contributed by atoms with E-state index in [4.69, 9.17) is 11.6 Å². The summed E-state index contributed by atoms with van der Waals surface area (Å²) in [5.41, 5.74) is 3.34. The Hall–Kier alpha value is -3.62. The molecule has 0 atom stereocenters. The molecule has 168 valence electrons. The van der Waals surface area contributed by atoms with Gasteiger partial charge in [0.05, 0.1) is 27.5 Å². The summed E-state index contributed by atoms with van der Waals surface area (Å²) in [7, 11) is -3.73. The van der Waals surface area contributed by atoms with E-state index < -0.39 is 10.0 Å². The number of para-hydroxylation sites is 1. The second-order valence-electron chi connectivity index (χ2n) is 7.44. The Morgan fingerprint density at radius 1 is 0.970 bits per heavy atom. The fourth-order valence-electron chi connectivity index (χ4n) is 3.23. The van der Waals surface area contributed by atoms with Crippen LogP contribution in [0.15, 0.2) is 87.5 Å². The number of aromatic nitrogens is 2. The van der Waals surface area contributed by atoms with Gasteiger partial charge in [0.15, 0.2) is 0 Å². The van der Waals surface area contributed by atoms with Crippen LogP contribution < -0.4 is 10.3 Å². The highest BCUT2D eigenvalue weighted by molar-refractivity contribution is 7.92. The molecule has 4 aromatic rings. The van der Waals surface area contributed by atoms with Crippen molar-refractivity contribution in [3.05, 3.63) is 105 Å². The van der Waals surface area contributed by atoms with Gasteiger partial charge < -0.3 is 0 Å². The first-order chi connectivity index (χ1) is 15.7. The van der Waals surface area contributed by atoms with Crippen molar-refractivity contribution in [2.75, 3.05) is 4.72 Å². The van der Waals surface area contributed by atoms with Crippen molar-refractivity contribution in [1.29, 1.82) is 0 Å². The molecule has 33 heavy (non-hydrogen) atoms. The molecule has 4 rings (SSSR count). The molecule has 3 aromatic carbocycles. The molecule has 0 spiro atoms. The lowest BCUT2D eigenvalue weighted by atomic mass is 10.2. The lowest BCUT2D eigenvalue weighted by Crippen LogP contribution is -2.17. The molecule has 7 nitrogen and oxygen atoms in total. The highest BCUT2D eigenvalue weighted by Gasteiger charge is 2.15. The van der Waals surface area contributed by atoms with Crippen LogP contribution in [0.1, 0.15) is 16.8 Å². The SMILES string of the molecule is Cc1ccccc1NS(=O)(=O)c1ccc(N=Cc2c(C)[nH]n(-c3ccc(Cl)cc3)c2=O)cc1. The predicted octanol–water partition coefficient (Wildman–Crippen LogP) is 4.99. The summed E-state index contributed by atoms with van der Waals surface area (Å²) in [6.07, 6.45) is 1.47. The smallest absolute Gasteiger partial charge is 0.280 e. The average molecular weight is 481 g/mol. The summed E-state index contributed by atoms with van der Waals surface area (Å²) in [5.74, 6) is 0. The molecule has 0 amide bonds. The number of nitrogens with zero attached hydrogens (tertiary/aromatic N) is 2. The van der Waals surface area contributed by atoms with Gasteiger partial charge in [0.25, 0.3) is 15.6 Å². The molecule has 0 fully saturated rings. The number of H-pyrrole nitrogens is 1. The van der Waals surface area contributed by atoms with Crippen LogP contribution in [0.2, 0.25) is 5.02 Å². The minimum absolute atomic E-state index is 0.118. The van der Waals surface area contributed by atoms with Gasteiger partial charge in [-0.15, -0.1) is 0 Å². The number of anilines is 1. The van der Waals surface area contributed by atoms with Crippen molar-refractivity contribution in [1.82, 2.24) is 9.78 Å². The molecule has 0 aliphatic heterocycles. The van der Waals surface area contributed by atoms with Gasteiger partial charge in [0.2, 0.25) is 0 Å². The number of benzene rings is 3. The van der Waals surface area contributed by atoms with Gasteiger partial charge in [-0.1, -0.05) is 29.8 Å². The Kier molecular flexibility index (Phi) is 6.22. The third-order valence-electron chi connectivity index (χ3n) is 5.08. The minimum Gasteiger partial charge on any atom is -0.295 e. The van der Waals surface area contributed by atoms with E-state index in [1.807, 2.05) is 19.1 Å². The summed E-state index contributed by atoms with van der Waals surface area (Å²) >= 11 is 5.92. The van der Waals surface area contributed by atoms with Crippen molar-refractivity contribution in [3.63, 3.8) is 0 Å². The number of aryl methyl sites for hydroxylation is 2. The van der Waals surface area contributed by atoms with E-state index in [1.54, 1.807) is 55.5 Å². The molecule has 0 aliphatic rings. The molecular weight excluding hydrogens is 460 g/mol. The van der Waals surface area contributed by atoms with E-state index in [0.29, 0.717) is 33.3 Å². The third kappa shape index (κ3) is 4.92. The van der Waals surface area contributed by atoms with Gasteiger partial charge in [-0.3, -0.25) is 19.6 Å². The Bertz CT molecular complexity index is 1490. The summed E-state index contributed by atoms with van der Waals surface area (Å²) in [6, 6.07) is 20.2. The molecule has 0 saturated heterocycles. The van der Waals surface area contributed by atoms with Crippen LogP contribution in [0.25, 0.3) is 5.69 Å². The number of rotatable bonds is 6. The monoisotopic (exact) mass is 480 g/mol. The maximum absolute atomic E-state index is 12.8. The quantitative estimate of drug-likeness (QED) is 0.380. The van der Waals surface area contributed by atoms with Crippen LogP contribution in [-0.2, 0) is 10.0 Å². The van der Waals surface area contributed by atoms with E-state index in [2.05, 4.69) is 14.8 Å². The fourth-order valence-corrected chi connectivity index (χ4v) is 4.48. The number of halogens is 1. The highest BCUT2D eigenvalue weighted by atomic mass is 35.5. The van der Waals surface area contributed by atoms with Gasteiger partial charge in [-0.25, -0.2) is 13.1 Å². The Morgan fingerprint density at radius 2 is 1.64 bits per heavy atom. The van der Waals surface area contributed by atoms with Crippen LogP contribution in [0.3, 0.4) is 0 Å². The predicted molar refractivity (Wildman–Crippen MR) is 132 cm³/mol. The van der Waals surface area contributed by atoms with Gasteiger partial charge in [0.1, 0.15) is 0 Å². The van der Waals surface area contributed by atoms with Gasteiger partial charge in [0, 0.05) is 16.9 Å². The molecule has 0 aliphatic carbocycles. The van der Waals surface area contributed by atoms with Crippen LogP contribution in [-0.4, -0.2) is 24.4 Å². The van der Waals surface area contributed by atoms with Crippen molar-refractivity contribution < 1.29 is 8.42 Å². The van der Waals surface area contributed by atoms with Crippen LogP contribution in [0.4, 0.5) is 11.4 Å². The maximum atomic E-state index is 12.8. The lowest BCUT2D eigenvalue weighted by Gasteiger charge is -2.10. The van der Waals surface area contributed by atoms with Crippen LogP contribution in [0, 0.1) is 13.8 Å². The maximum Gasteiger partial charge on any atom is 0.280 e. The third-order valence-corrected chi connectivity index (χ3v) is 6.71. The molecule has 0 bridgehead atoms. The first kappa shape index (κ1) is 22.6. The Labute approximate surface area is 196 Å². The number of hydrogen-bond acceptors (Lipinski definition) is 4. The van der Waals surface area contributed by atoms with E-state index >= 15 is 0 Å². The normalized spacial score (nSPS) is 11.7. The Morgan fingerprint density at radius 3 is 2.30 bits per heavy atom. The van der Waals surface area contributed by atoms with Crippen molar-refractivity contribution >= 4 is 39.2 Å². The molecule has 0 saturated carbocycles. The Balaban J connectivity index is 1.55. The summed E-state index contributed by atoms with van der Waals surface area (Å²) in [6.45, 7) is 3.61. The van der Waals surface area contributed by atoms with E-state index in [1.165, 1.54) is 23.0 Å². The van der Waals surface area contributed by atoms with E-state index in [-0.39, 0.29) is 10.5 Å². The number of aliphatic imine (C=N–C) groups is 1. The van der Waals surface area contributed by atoms with Crippen molar-refractivity contribution in [3.8, 4) is 5.69 Å².